The van der Waals surface area contributed by atoms with Gasteiger partial charge in [0.25, 0.3) is 0 Å². The summed E-state index contributed by atoms with van der Waals surface area (Å²) in [5.74, 6) is -0.649. The first-order valence-electron chi connectivity index (χ1n) is 10.7. The summed E-state index contributed by atoms with van der Waals surface area (Å²) in [5.41, 5.74) is -0.120. The maximum Gasteiger partial charge on any atom is 0.408 e. The summed E-state index contributed by atoms with van der Waals surface area (Å²) >= 11 is 0. The van der Waals surface area contributed by atoms with E-state index in [-0.39, 0.29) is 17.7 Å². The van der Waals surface area contributed by atoms with Crippen LogP contribution in [0.5, 0.6) is 5.75 Å². The van der Waals surface area contributed by atoms with Crippen molar-refractivity contribution in [3.05, 3.63) is 29.8 Å². The summed E-state index contributed by atoms with van der Waals surface area (Å²) < 4.78 is 5.25. The van der Waals surface area contributed by atoms with Crippen LogP contribution in [0.1, 0.15) is 72.9 Å². The number of hydrogen-bond acceptors (Lipinski definition) is 5. The maximum absolute atomic E-state index is 13.3. The molecule has 31 heavy (non-hydrogen) atoms. The molecule has 3 N–H and O–H groups in total. The third-order valence-corrected chi connectivity index (χ3v) is 4.34. The van der Waals surface area contributed by atoms with Gasteiger partial charge in [-0.3, -0.25) is 9.59 Å². The number of phenolic OH excluding ortho intramolecular Hbond substituents is 1. The molecular formula is C23H37N3O5. The number of ether oxygens (including phenoxy) is 1. The van der Waals surface area contributed by atoms with Crippen molar-refractivity contribution >= 4 is 17.9 Å². The van der Waals surface area contributed by atoms with Gasteiger partial charge < -0.3 is 25.4 Å². The zero-order chi connectivity index (χ0) is 23.8. The molecule has 0 spiro atoms. The molecule has 1 rings (SSSR count). The Balaban J connectivity index is 3.23. The van der Waals surface area contributed by atoms with Crippen molar-refractivity contribution in [2.75, 3.05) is 6.54 Å². The molecule has 0 aliphatic rings. The quantitative estimate of drug-likeness (QED) is 0.550. The lowest BCUT2D eigenvalue weighted by Crippen LogP contribution is -2.52. The Kier molecular flexibility index (Phi) is 9.81. The fraction of sp³-hybridized carbons (Fsp3) is 0.609. The van der Waals surface area contributed by atoms with Crippen LogP contribution in [0.2, 0.25) is 0 Å². The van der Waals surface area contributed by atoms with E-state index in [1.807, 2.05) is 20.8 Å². The molecule has 0 bridgehead atoms. The van der Waals surface area contributed by atoms with Gasteiger partial charge in [0.15, 0.2) is 0 Å². The van der Waals surface area contributed by atoms with E-state index in [2.05, 4.69) is 10.6 Å². The Morgan fingerprint density at radius 1 is 1.06 bits per heavy atom. The molecule has 1 aromatic carbocycles. The summed E-state index contributed by atoms with van der Waals surface area (Å²) in [6, 6.07) is 4.30. The number of hydrogen-bond donors (Lipinski definition) is 3. The average molecular weight is 436 g/mol. The Bertz CT molecular complexity index is 741. The first kappa shape index (κ1) is 26.3. The normalized spacial score (nSPS) is 13.3. The largest absolute Gasteiger partial charge is 0.508 e. The highest BCUT2D eigenvalue weighted by molar-refractivity contribution is 5.92. The summed E-state index contributed by atoms with van der Waals surface area (Å²) in [5, 5.41) is 15.1. The van der Waals surface area contributed by atoms with Gasteiger partial charge in [-0.15, -0.1) is 0 Å². The van der Waals surface area contributed by atoms with Crippen molar-refractivity contribution < 1.29 is 24.2 Å². The van der Waals surface area contributed by atoms with E-state index >= 15 is 0 Å². The monoisotopic (exact) mass is 435 g/mol. The third kappa shape index (κ3) is 8.86. The van der Waals surface area contributed by atoms with Crippen LogP contribution in [-0.2, 0) is 14.3 Å². The molecule has 174 valence electrons. The first-order valence-corrected chi connectivity index (χ1v) is 10.7. The van der Waals surface area contributed by atoms with Crippen LogP contribution in [0.25, 0.3) is 0 Å². The van der Waals surface area contributed by atoms with Gasteiger partial charge in [0, 0.05) is 12.6 Å². The lowest BCUT2D eigenvalue weighted by molar-refractivity contribution is -0.142. The second kappa shape index (κ2) is 11.6. The van der Waals surface area contributed by atoms with Crippen LogP contribution in [0.3, 0.4) is 0 Å². The first-order chi connectivity index (χ1) is 14.4. The minimum Gasteiger partial charge on any atom is -0.508 e. The van der Waals surface area contributed by atoms with E-state index in [1.54, 1.807) is 39.8 Å². The zero-order valence-electron chi connectivity index (χ0n) is 19.7. The molecule has 8 nitrogen and oxygen atoms in total. The molecule has 8 heteroatoms. The molecule has 1 aromatic rings. The molecule has 0 aromatic heterocycles. The van der Waals surface area contributed by atoms with E-state index < -0.39 is 29.7 Å². The summed E-state index contributed by atoms with van der Waals surface area (Å²) in [4.78, 5) is 40.1. The molecule has 0 radical (unpaired) electrons. The van der Waals surface area contributed by atoms with E-state index in [4.69, 9.17) is 4.74 Å². The molecule has 0 heterocycles. The Labute approximate surface area is 185 Å². The number of alkyl carbamates (subject to hydrolysis) is 1. The molecule has 0 saturated carbocycles. The molecule has 2 unspecified atom stereocenters. The van der Waals surface area contributed by atoms with Gasteiger partial charge in [-0.1, -0.05) is 25.5 Å². The fourth-order valence-corrected chi connectivity index (χ4v) is 2.98. The van der Waals surface area contributed by atoms with Gasteiger partial charge in [0.05, 0.1) is 0 Å². The number of carbonyl (C=O) groups excluding carboxylic acids is 3. The minimum absolute atomic E-state index is 0.0677. The summed E-state index contributed by atoms with van der Waals surface area (Å²) in [6.07, 6.45) is 0.816. The van der Waals surface area contributed by atoms with E-state index in [9.17, 15) is 19.5 Å². The molecule has 0 aliphatic heterocycles. The molecule has 2 atom stereocenters. The zero-order valence-corrected chi connectivity index (χ0v) is 19.7. The number of benzene rings is 1. The van der Waals surface area contributed by atoms with Crippen molar-refractivity contribution in [2.24, 2.45) is 0 Å². The molecule has 0 saturated heterocycles. The predicted molar refractivity (Wildman–Crippen MR) is 120 cm³/mol. The second-order valence-electron chi connectivity index (χ2n) is 8.91. The Morgan fingerprint density at radius 3 is 2.13 bits per heavy atom. The van der Waals surface area contributed by atoms with Crippen molar-refractivity contribution in [3.8, 4) is 5.75 Å². The Morgan fingerprint density at radius 2 is 1.65 bits per heavy atom. The lowest BCUT2D eigenvalue weighted by atomic mass is 10.0. The predicted octanol–water partition coefficient (Wildman–Crippen LogP) is 3.50. The third-order valence-electron chi connectivity index (χ3n) is 4.34. The van der Waals surface area contributed by atoms with Gasteiger partial charge in [-0.2, -0.15) is 0 Å². The highest BCUT2D eigenvalue weighted by atomic mass is 16.6. The van der Waals surface area contributed by atoms with Crippen LogP contribution in [0.4, 0.5) is 4.79 Å². The Hall–Kier alpha value is -2.77. The van der Waals surface area contributed by atoms with Crippen LogP contribution < -0.4 is 10.6 Å². The number of aromatic hydroxyl groups is 1. The average Bonchev–Trinajstić information content (AvgIpc) is 2.63. The number of nitrogens with one attached hydrogen (secondary N) is 2. The van der Waals surface area contributed by atoms with Gasteiger partial charge >= 0.3 is 6.09 Å². The van der Waals surface area contributed by atoms with Gasteiger partial charge in [0.2, 0.25) is 11.8 Å². The summed E-state index contributed by atoms with van der Waals surface area (Å²) in [7, 11) is 0. The standard InChI is InChI=1S/C23H37N3O5/c1-8-9-14-26(21(29)16(4)25-22(30)31-23(5,6)7)19(20(28)24-15(2)3)17-10-12-18(27)13-11-17/h10-13,15-16,19,27H,8-9,14H2,1-7H3,(H,24,28)(H,25,30). The van der Waals surface area contributed by atoms with Crippen molar-refractivity contribution in [1.82, 2.24) is 15.5 Å². The molecule has 3 amide bonds. The van der Waals surface area contributed by atoms with E-state index in [0.717, 1.165) is 6.42 Å². The van der Waals surface area contributed by atoms with Crippen molar-refractivity contribution in [2.45, 2.75) is 85.0 Å². The number of phenols is 1. The SMILES string of the molecule is CCCCN(C(=O)C(C)NC(=O)OC(C)(C)C)C(C(=O)NC(C)C)c1ccc(O)cc1. The van der Waals surface area contributed by atoms with E-state index in [0.29, 0.717) is 18.5 Å². The number of amides is 3. The molecular weight excluding hydrogens is 398 g/mol. The number of unbranched alkanes of at least 4 members (excludes halogenated alkanes) is 1. The number of nitrogens with zero attached hydrogens (tertiary/aromatic N) is 1. The smallest absolute Gasteiger partial charge is 0.408 e. The van der Waals surface area contributed by atoms with Gasteiger partial charge in [-0.25, -0.2) is 4.79 Å². The maximum atomic E-state index is 13.3. The highest BCUT2D eigenvalue weighted by Gasteiger charge is 2.34. The van der Waals surface area contributed by atoms with Crippen LogP contribution in [0, 0.1) is 0 Å². The van der Waals surface area contributed by atoms with Crippen molar-refractivity contribution in [1.29, 1.82) is 0 Å². The second-order valence-corrected chi connectivity index (χ2v) is 8.91. The topological polar surface area (TPSA) is 108 Å². The van der Waals surface area contributed by atoms with Crippen LogP contribution >= 0.6 is 0 Å². The van der Waals surface area contributed by atoms with E-state index in [1.165, 1.54) is 17.0 Å². The van der Waals surface area contributed by atoms with Gasteiger partial charge in [0.1, 0.15) is 23.4 Å². The lowest BCUT2D eigenvalue weighted by Gasteiger charge is -2.34. The molecule has 0 aliphatic carbocycles. The van der Waals surface area contributed by atoms with Gasteiger partial charge in [-0.05, 0) is 65.7 Å². The minimum atomic E-state index is -0.898. The number of rotatable bonds is 9. The number of carbonyl (C=O) groups is 3. The van der Waals surface area contributed by atoms with Crippen molar-refractivity contribution in [3.63, 3.8) is 0 Å². The van der Waals surface area contributed by atoms with Crippen LogP contribution in [-0.4, -0.2) is 52.1 Å². The summed E-state index contributed by atoms with van der Waals surface area (Å²) in [6.45, 7) is 12.8. The van der Waals surface area contributed by atoms with Crippen LogP contribution in [0.15, 0.2) is 24.3 Å². The molecule has 0 fully saturated rings. The highest BCUT2D eigenvalue weighted by Crippen LogP contribution is 2.25. The fourth-order valence-electron chi connectivity index (χ4n) is 2.98.